The third kappa shape index (κ3) is 3.42. The van der Waals surface area contributed by atoms with Gasteiger partial charge in [-0.05, 0) is 30.7 Å². The first kappa shape index (κ1) is 16.9. The van der Waals surface area contributed by atoms with Gasteiger partial charge in [-0.2, -0.15) is 0 Å². The Labute approximate surface area is 154 Å². The first-order valence-electron chi connectivity index (χ1n) is 8.48. The first-order valence-corrected chi connectivity index (χ1v) is 8.48. The van der Waals surface area contributed by atoms with Crippen LogP contribution in [-0.4, -0.2) is 26.0 Å². The minimum Gasteiger partial charge on any atom is -0.478 e. The summed E-state index contributed by atoms with van der Waals surface area (Å²) in [4.78, 5) is 23.4. The van der Waals surface area contributed by atoms with E-state index in [9.17, 15) is 14.3 Å². The monoisotopic (exact) mass is 361 g/mol. The van der Waals surface area contributed by atoms with Crippen molar-refractivity contribution in [2.24, 2.45) is 0 Å². The Kier molecular flexibility index (Phi) is 4.38. The number of aromatic amines is 1. The van der Waals surface area contributed by atoms with E-state index in [4.69, 9.17) is 4.98 Å². The average Bonchev–Trinajstić information content (AvgIpc) is 3.14. The molecule has 6 heteroatoms. The van der Waals surface area contributed by atoms with Crippen LogP contribution in [0.2, 0.25) is 0 Å². The highest BCUT2D eigenvalue weighted by Crippen LogP contribution is 2.37. The summed E-state index contributed by atoms with van der Waals surface area (Å²) in [5, 5.41) is 9.29. The number of carboxylic acids is 1. The summed E-state index contributed by atoms with van der Waals surface area (Å²) < 4.78 is 14.1. The van der Waals surface area contributed by atoms with E-state index in [1.807, 2.05) is 42.5 Å². The summed E-state index contributed by atoms with van der Waals surface area (Å²) in [7, 11) is 0. The van der Waals surface area contributed by atoms with Gasteiger partial charge in [-0.25, -0.2) is 14.2 Å². The van der Waals surface area contributed by atoms with Gasteiger partial charge in [0.2, 0.25) is 0 Å². The van der Waals surface area contributed by atoms with Crippen LogP contribution in [0.25, 0.3) is 22.6 Å². The van der Waals surface area contributed by atoms with E-state index in [2.05, 4.69) is 9.97 Å². The van der Waals surface area contributed by atoms with E-state index in [-0.39, 0.29) is 12.0 Å². The molecule has 2 heterocycles. The van der Waals surface area contributed by atoms with Crippen LogP contribution in [0.1, 0.15) is 18.0 Å². The molecule has 1 unspecified atom stereocenters. The Hall–Kier alpha value is -3.54. The largest absolute Gasteiger partial charge is 0.478 e. The number of H-pyrrole nitrogens is 1. The highest BCUT2D eigenvalue weighted by Gasteiger charge is 2.26. The Balaban J connectivity index is 1.83. The van der Waals surface area contributed by atoms with Gasteiger partial charge in [0.25, 0.3) is 0 Å². The molecular weight excluding hydrogens is 345 g/mol. The topological polar surface area (TPSA) is 78.9 Å². The van der Waals surface area contributed by atoms with E-state index in [1.165, 1.54) is 6.08 Å². The average molecular weight is 361 g/mol. The molecule has 5 nitrogen and oxygen atoms in total. The second-order valence-corrected chi connectivity index (χ2v) is 6.29. The summed E-state index contributed by atoms with van der Waals surface area (Å²) in [5.41, 5.74) is 3.11. The Morgan fingerprint density at radius 2 is 1.85 bits per heavy atom. The predicted molar refractivity (Wildman–Crippen MR) is 99.5 cm³/mol. The molecule has 0 radical (unpaired) electrons. The Morgan fingerprint density at radius 3 is 2.56 bits per heavy atom. The maximum absolute atomic E-state index is 14.1. The maximum Gasteiger partial charge on any atom is 0.331 e. The van der Waals surface area contributed by atoms with Crippen LogP contribution < -0.4 is 0 Å². The number of rotatable bonds is 4. The van der Waals surface area contributed by atoms with Crippen LogP contribution in [0.3, 0.4) is 0 Å². The zero-order chi connectivity index (χ0) is 18.8. The van der Waals surface area contributed by atoms with Crippen molar-refractivity contribution >= 4 is 5.97 Å². The molecular formula is C21H16FN3O2. The number of aliphatic carboxylic acids is 1. The van der Waals surface area contributed by atoms with Crippen molar-refractivity contribution in [2.45, 2.75) is 12.3 Å². The van der Waals surface area contributed by atoms with Crippen molar-refractivity contribution in [1.82, 2.24) is 15.0 Å². The van der Waals surface area contributed by atoms with E-state index < -0.39 is 17.7 Å². The number of benzene rings is 1. The Bertz CT molecular complexity index is 1040. The molecule has 1 aromatic carbocycles. The van der Waals surface area contributed by atoms with Crippen LogP contribution in [0.15, 0.2) is 78.4 Å². The van der Waals surface area contributed by atoms with Crippen LogP contribution in [0.4, 0.5) is 4.39 Å². The van der Waals surface area contributed by atoms with Gasteiger partial charge in [0.05, 0.1) is 11.4 Å². The second-order valence-electron chi connectivity index (χ2n) is 6.29. The first-order chi connectivity index (χ1) is 13.1. The molecule has 0 bridgehead atoms. The zero-order valence-corrected chi connectivity index (χ0v) is 14.3. The minimum atomic E-state index is -1.11. The van der Waals surface area contributed by atoms with Crippen LogP contribution in [-0.2, 0) is 4.79 Å². The molecule has 0 saturated heterocycles. The third-order valence-corrected chi connectivity index (χ3v) is 4.49. The molecule has 0 amide bonds. The fraction of sp³-hybridized carbons (Fsp3) is 0.0952. The molecule has 134 valence electrons. The molecule has 1 aliphatic carbocycles. The zero-order valence-electron chi connectivity index (χ0n) is 14.3. The van der Waals surface area contributed by atoms with Gasteiger partial charge in [0.1, 0.15) is 11.7 Å². The van der Waals surface area contributed by atoms with Crippen LogP contribution >= 0.6 is 0 Å². The summed E-state index contributed by atoms with van der Waals surface area (Å²) in [6, 6.07) is 13.2. The summed E-state index contributed by atoms with van der Waals surface area (Å²) in [6.07, 6.45) is 6.02. The third-order valence-electron chi connectivity index (χ3n) is 4.49. The smallest absolute Gasteiger partial charge is 0.331 e. The summed E-state index contributed by atoms with van der Waals surface area (Å²) in [6.45, 7) is 0. The van der Waals surface area contributed by atoms with Crippen molar-refractivity contribution in [3.63, 3.8) is 0 Å². The van der Waals surface area contributed by atoms with Crippen molar-refractivity contribution in [1.29, 1.82) is 0 Å². The fourth-order valence-corrected chi connectivity index (χ4v) is 3.21. The van der Waals surface area contributed by atoms with Gasteiger partial charge in [0, 0.05) is 35.0 Å². The number of aromatic nitrogens is 3. The summed E-state index contributed by atoms with van der Waals surface area (Å²) >= 11 is 0. The molecule has 0 saturated carbocycles. The number of carboxylic acid groups (broad SMARTS) is 1. The number of imidazole rings is 1. The normalized spacial score (nSPS) is 16.6. The number of halogens is 1. The molecule has 2 N–H and O–H groups in total. The predicted octanol–water partition coefficient (Wildman–Crippen LogP) is 4.49. The number of pyridine rings is 1. The number of hydrogen-bond donors (Lipinski definition) is 2. The van der Waals surface area contributed by atoms with Crippen molar-refractivity contribution in [2.75, 3.05) is 0 Å². The lowest BCUT2D eigenvalue weighted by Gasteiger charge is -2.17. The fourth-order valence-electron chi connectivity index (χ4n) is 3.21. The van der Waals surface area contributed by atoms with E-state index in [0.717, 1.165) is 17.2 Å². The van der Waals surface area contributed by atoms with E-state index in [1.54, 1.807) is 12.4 Å². The molecule has 4 rings (SSSR count). The maximum atomic E-state index is 14.1. The number of allylic oxidation sites excluding steroid dienone is 3. The highest BCUT2D eigenvalue weighted by molar-refractivity contribution is 5.88. The van der Waals surface area contributed by atoms with E-state index >= 15 is 0 Å². The molecule has 0 fully saturated rings. The minimum absolute atomic E-state index is 0.0385. The standard InChI is InChI=1S/C21H16FN3O2/c22-17-11-15(10-16(12-17)21(26)27)19-18(13-6-8-23-9-7-13)24-20(25-19)14-4-2-1-3-5-14/h1-9,11-12,15H,10H2,(H,24,25)(H,26,27). The quantitative estimate of drug-likeness (QED) is 0.718. The number of nitrogens with zero attached hydrogens (tertiary/aromatic N) is 2. The lowest BCUT2D eigenvalue weighted by molar-refractivity contribution is -0.132. The SMILES string of the molecule is O=C(O)C1=CC(F)=CC(c2[nH]c(-c3ccccc3)nc2-c2ccncc2)C1. The molecule has 2 aromatic heterocycles. The molecule has 3 aromatic rings. The Morgan fingerprint density at radius 1 is 1.11 bits per heavy atom. The van der Waals surface area contributed by atoms with Gasteiger partial charge in [-0.1, -0.05) is 30.3 Å². The van der Waals surface area contributed by atoms with Gasteiger partial charge >= 0.3 is 5.97 Å². The van der Waals surface area contributed by atoms with Gasteiger partial charge < -0.3 is 10.1 Å². The lowest BCUT2D eigenvalue weighted by Crippen LogP contribution is -2.10. The second kappa shape index (κ2) is 6.99. The summed E-state index contributed by atoms with van der Waals surface area (Å²) in [5.74, 6) is -1.47. The molecule has 0 aliphatic heterocycles. The van der Waals surface area contributed by atoms with Crippen LogP contribution in [0.5, 0.6) is 0 Å². The van der Waals surface area contributed by atoms with Crippen LogP contribution in [0, 0.1) is 0 Å². The molecule has 1 atom stereocenters. The van der Waals surface area contributed by atoms with Gasteiger partial charge in [-0.15, -0.1) is 0 Å². The van der Waals surface area contributed by atoms with Crippen molar-refractivity contribution < 1.29 is 14.3 Å². The molecule has 1 aliphatic rings. The van der Waals surface area contributed by atoms with Crippen molar-refractivity contribution in [3.05, 3.63) is 84.1 Å². The highest BCUT2D eigenvalue weighted by atomic mass is 19.1. The lowest BCUT2D eigenvalue weighted by atomic mass is 9.89. The number of hydrogen-bond acceptors (Lipinski definition) is 3. The molecule has 27 heavy (non-hydrogen) atoms. The molecule has 0 spiro atoms. The van der Waals surface area contributed by atoms with Gasteiger partial charge in [-0.3, -0.25) is 4.98 Å². The van der Waals surface area contributed by atoms with Gasteiger partial charge in [0.15, 0.2) is 0 Å². The van der Waals surface area contributed by atoms with E-state index in [0.29, 0.717) is 17.2 Å². The van der Waals surface area contributed by atoms with Crippen molar-refractivity contribution in [3.8, 4) is 22.6 Å². The number of nitrogens with one attached hydrogen (secondary N) is 1. The number of carbonyl (C=O) groups is 1.